The Morgan fingerprint density at radius 2 is 1.95 bits per heavy atom. The summed E-state index contributed by atoms with van der Waals surface area (Å²) in [4.78, 5) is 14.3. The molecule has 0 amide bonds. The molecule has 0 radical (unpaired) electrons. The molecule has 0 N–H and O–H groups in total. The van der Waals surface area contributed by atoms with E-state index < -0.39 is 0 Å². The zero-order valence-electron chi connectivity index (χ0n) is 10.2. The molecule has 0 aliphatic heterocycles. The largest absolute Gasteiger partial charge is 0.246 e. The van der Waals surface area contributed by atoms with Crippen LogP contribution in [-0.2, 0) is 0 Å². The number of nitrogens with zero attached hydrogens (tertiary/aromatic N) is 3. The Bertz CT molecular complexity index is 785. The quantitative estimate of drug-likeness (QED) is 0.590. The van der Waals surface area contributed by atoms with Crippen molar-refractivity contribution in [2.24, 2.45) is 0 Å². The second-order valence-electron chi connectivity index (χ2n) is 4.15. The molecule has 3 rings (SSSR count). The van der Waals surface area contributed by atoms with E-state index in [9.17, 15) is 0 Å². The van der Waals surface area contributed by atoms with Gasteiger partial charge in [0.05, 0.1) is 21.1 Å². The van der Waals surface area contributed by atoms with Crippen molar-refractivity contribution in [3.63, 3.8) is 0 Å². The minimum Gasteiger partial charge on any atom is -0.246 e. The Balaban J connectivity index is 2.28. The molecule has 0 saturated carbocycles. The third-order valence-electron chi connectivity index (χ3n) is 2.72. The van der Waals surface area contributed by atoms with Crippen LogP contribution in [0.3, 0.4) is 0 Å². The van der Waals surface area contributed by atoms with Gasteiger partial charge in [-0.2, -0.15) is 0 Å². The van der Waals surface area contributed by atoms with Crippen molar-refractivity contribution in [3.8, 4) is 10.7 Å². The summed E-state index contributed by atoms with van der Waals surface area (Å²) in [7, 11) is 0. The number of hydrogen-bond acceptors (Lipinski definition) is 4. The Hall–Kier alpha value is -1.04. The highest BCUT2D eigenvalue weighted by molar-refractivity contribution is 9.10. The minimum absolute atomic E-state index is 0.470. The first-order valence-electron chi connectivity index (χ1n) is 5.62. The van der Waals surface area contributed by atoms with Crippen LogP contribution in [0.2, 0.25) is 5.15 Å². The van der Waals surface area contributed by atoms with Crippen molar-refractivity contribution in [2.75, 3.05) is 0 Å². The Morgan fingerprint density at radius 1 is 1.16 bits per heavy atom. The van der Waals surface area contributed by atoms with E-state index in [1.807, 2.05) is 32.0 Å². The average Bonchev–Trinajstić information content (AvgIpc) is 2.67. The molecule has 3 aromatic rings. The molecule has 6 heteroatoms. The lowest BCUT2D eigenvalue weighted by molar-refractivity contribution is 1.17. The molecule has 2 aromatic heterocycles. The van der Waals surface area contributed by atoms with E-state index in [2.05, 4.69) is 30.9 Å². The summed E-state index contributed by atoms with van der Waals surface area (Å²) in [5.74, 6) is 0.638. The summed E-state index contributed by atoms with van der Waals surface area (Å²) in [5.41, 5.74) is 1.77. The van der Waals surface area contributed by atoms with Gasteiger partial charge in [-0.1, -0.05) is 27.5 Å². The number of aromatic nitrogens is 3. The fourth-order valence-electron chi connectivity index (χ4n) is 1.90. The van der Waals surface area contributed by atoms with Crippen LogP contribution in [0, 0.1) is 13.8 Å². The maximum atomic E-state index is 6.24. The van der Waals surface area contributed by atoms with Gasteiger partial charge in [-0.15, -0.1) is 11.3 Å². The van der Waals surface area contributed by atoms with Crippen LogP contribution in [0.25, 0.3) is 21.6 Å². The third kappa shape index (κ3) is 2.38. The van der Waals surface area contributed by atoms with E-state index in [4.69, 9.17) is 11.6 Å². The summed E-state index contributed by atoms with van der Waals surface area (Å²) in [5, 5.41) is 2.33. The molecule has 1 aromatic carbocycles. The zero-order valence-corrected chi connectivity index (χ0v) is 13.4. The van der Waals surface area contributed by atoms with Crippen molar-refractivity contribution in [2.45, 2.75) is 13.8 Å². The number of halogens is 2. The highest BCUT2D eigenvalue weighted by Gasteiger charge is 2.13. The summed E-state index contributed by atoms with van der Waals surface area (Å²) >= 11 is 11.3. The van der Waals surface area contributed by atoms with Crippen molar-refractivity contribution in [1.82, 2.24) is 15.0 Å². The standard InChI is InChI=1S/C13H9BrClN3S/c1-6-11(19-7(2)16-6)13-17-10-5-8(14)3-4-9(10)12(15)18-13/h3-5H,1-2H3. The molecule has 3 nitrogen and oxygen atoms in total. The Morgan fingerprint density at radius 3 is 2.63 bits per heavy atom. The van der Waals surface area contributed by atoms with Crippen LogP contribution < -0.4 is 0 Å². The van der Waals surface area contributed by atoms with E-state index in [0.29, 0.717) is 11.0 Å². The maximum Gasteiger partial charge on any atom is 0.173 e. The maximum absolute atomic E-state index is 6.24. The molecule has 0 aliphatic carbocycles. The normalized spacial score (nSPS) is 11.2. The molecule has 0 fully saturated rings. The van der Waals surface area contributed by atoms with E-state index in [-0.39, 0.29) is 0 Å². The Kier molecular flexibility index (Phi) is 3.28. The van der Waals surface area contributed by atoms with E-state index in [1.165, 1.54) is 0 Å². The lowest BCUT2D eigenvalue weighted by atomic mass is 10.2. The van der Waals surface area contributed by atoms with E-state index in [1.54, 1.807) is 11.3 Å². The van der Waals surface area contributed by atoms with Crippen LogP contribution in [-0.4, -0.2) is 15.0 Å². The van der Waals surface area contributed by atoms with Gasteiger partial charge in [0.15, 0.2) is 5.82 Å². The number of aryl methyl sites for hydroxylation is 2. The van der Waals surface area contributed by atoms with Crippen molar-refractivity contribution >= 4 is 49.8 Å². The lowest BCUT2D eigenvalue weighted by Gasteiger charge is -2.03. The summed E-state index contributed by atoms with van der Waals surface area (Å²) < 4.78 is 0.970. The molecule has 0 spiro atoms. The summed E-state index contributed by atoms with van der Waals surface area (Å²) in [6, 6.07) is 5.78. The number of hydrogen-bond donors (Lipinski definition) is 0. The predicted octanol–water partition coefficient (Wildman–Crippen LogP) is 4.79. The lowest BCUT2D eigenvalue weighted by Crippen LogP contribution is -1.91. The van der Waals surface area contributed by atoms with Crippen LogP contribution >= 0.6 is 38.9 Å². The van der Waals surface area contributed by atoms with Gasteiger partial charge in [0.2, 0.25) is 0 Å². The second kappa shape index (κ2) is 4.81. The van der Waals surface area contributed by atoms with Crippen LogP contribution in [0.15, 0.2) is 22.7 Å². The molecular weight excluding hydrogens is 346 g/mol. The Labute approximate surface area is 127 Å². The molecular formula is C13H9BrClN3S. The van der Waals surface area contributed by atoms with Gasteiger partial charge < -0.3 is 0 Å². The third-order valence-corrected chi connectivity index (χ3v) is 4.57. The SMILES string of the molecule is Cc1nc(C)c(-c2nc(Cl)c3ccc(Br)cc3n2)s1. The van der Waals surface area contributed by atoms with Gasteiger partial charge in [-0.25, -0.2) is 15.0 Å². The average molecular weight is 355 g/mol. The van der Waals surface area contributed by atoms with Crippen molar-refractivity contribution in [3.05, 3.63) is 38.5 Å². The highest BCUT2D eigenvalue weighted by atomic mass is 79.9. The van der Waals surface area contributed by atoms with Crippen molar-refractivity contribution < 1.29 is 0 Å². The number of rotatable bonds is 1. The molecule has 96 valence electrons. The van der Waals surface area contributed by atoms with Gasteiger partial charge in [-0.05, 0) is 32.0 Å². The number of thiazole rings is 1. The van der Waals surface area contributed by atoms with Gasteiger partial charge in [0, 0.05) is 9.86 Å². The first kappa shape index (κ1) is 13.0. The van der Waals surface area contributed by atoms with E-state index >= 15 is 0 Å². The van der Waals surface area contributed by atoms with Gasteiger partial charge >= 0.3 is 0 Å². The molecule has 19 heavy (non-hydrogen) atoms. The number of benzene rings is 1. The monoisotopic (exact) mass is 353 g/mol. The van der Waals surface area contributed by atoms with Crippen LogP contribution in [0.4, 0.5) is 0 Å². The first-order valence-corrected chi connectivity index (χ1v) is 7.60. The van der Waals surface area contributed by atoms with Crippen molar-refractivity contribution in [1.29, 1.82) is 0 Å². The summed E-state index contributed by atoms with van der Waals surface area (Å²) in [6.45, 7) is 3.93. The van der Waals surface area contributed by atoms with Gasteiger partial charge in [-0.3, -0.25) is 0 Å². The fourth-order valence-corrected chi connectivity index (χ4v) is 3.35. The summed E-state index contributed by atoms with van der Waals surface area (Å²) in [6.07, 6.45) is 0. The van der Waals surface area contributed by atoms with Crippen LogP contribution in [0.5, 0.6) is 0 Å². The van der Waals surface area contributed by atoms with Gasteiger partial charge in [0.1, 0.15) is 5.15 Å². The number of fused-ring (bicyclic) bond motifs is 1. The second-order valence-corrected chi connectivity index (χ2v) is 6.62. The fraction of sp³-hybridized carbons (Fsp3) is 0.154. The topological polar surface area (TPSA) is 38.7 Å². The van der Waals surface area contributed by atoms with E-state index in [0.717, 1.165) is 31.0 Å². The molecule has 0 unspecified atom stereocenters. The minimum atomic E-state index is 0.470. The van der Waals surface area contributed by atoms with Crippen LogP contribution in [0.1, 0.15) is 10.7 Å². The molecule has 0 saturated heterocycles. The molecule has 2 heterocycles. The predicted molar refractivity (Wildman–Crippen MR) is 82.8 cm³/mol. The zero-order chi connectivity index (χ0) is 13.6. The first-order chi connectivity index (χ1) is 9.04. The molecule has 0 aliphatic rings. The smallest absolute Gasteiger partial charge is 0.173 e. The molecule has 0 atom stereocenters. The highest BCUT2D eigenvalue weighted by Crippen LogP contribution is 2.31. The van der Waals surface area contributed by atoms with Gasteiger partial charge in [0.25, 0.3) is 0 Å². The molecule has 0 bridgehead atoms.